The third kappa shape index (κ3) is 15.5. The molecule has 0 saturated heterocycles. The van der Waals surface area contributed by atoms with E-state index in [2.05, 4.69) is 19.1 Å². The average Bonchev–Trinajstić information content (AvgIpc) is 2.67. The van der Waals surface area contributed by atoms with Crippen LogP contribution in [0.25, 0.3) is 0 Å². The highest BCUT2D eigenvalue weighted by atomic mass is 32.2. The number of hydrogen-bond donors (Lipinski definition) is 2. The molecule has 0 radical (unpaired) electrons. The molecule has 4 nitrogen and oxygen atoms in total. The zero-order chi connectivity index (χ0) is 22.0. The van der Waals surface area contributed by atoms with Gasteiger partial charge in [0.1, 0.15) is 10.00 Å². The molecule has 0 saturated carbocycles. The summed E-state index contributed by atoms with van der Waals surface area (Å²) in [5.74, 6) is -1.87. The Bertz CT molecular complexity index is 464. The van der Waals surface area contributed by atoms with Crippen molar-refractivity contribution in [3.05, 3.63) is 12.2 Å². The van der Waals surface area contributed by atoms with Gasteiger partial charge in [0, 0.05) is 0 Å². The number of thioether (sulfide) groups is 1. The van der Waals surface area contributed by atoms with Gasteiger partial charge in [-0.1, -0.05) is 83.3 Å². The summed E-state index contributed by atoms with van der Waals surface area (Å²) < 4.78 is -1.02. The van der Waals surface area contributed by atoms with Crippen LogP contribution in [0.3, 0.4) is 0 Å². The van der Waals surface area contributed by atoms with Gasteiger partial charge in [0.25, 0.3) is 0 Å². The summed E-state index contributed by atoms with van der Waals surface area (Å²) in [6, 6.07) is 0. The first-order valence-electron chi connectivity index (χ1n) is 11.6. The Kier molecular flexibility index (Phi) is 17.3. The summed E-state index contributed by atoms with van der Waals surface area (Å²) in [6.07, 6.45) is 22.3. The van der Waals surface area contributed by atoms with Crippen molar-refractivity contribution in [3.8, 4) is 0 Å². The zero-order valence-corrected chi connectivity index (χ0v) is 19.8. The number of carbonyl (C=O) groups is 2. The van der Waals surface area contributed by atoms with E-state index in [1.165, 1.54) is 64.2 Å². The van der Waals surface area contributed by atoms with Crippen LogP contribution in [0.5, 0.6) is 0 Å². The van der Waals surface area contributed by atoms with Crippen molar-refractivity contribution in [2.45, 2.75) is 127 Å². The van der Waals surface area contributed by atoms with E-state index < -0.39 is 21.9 Å². The number of carboxylic acid groups (broad SMARTS) is 2. The molecule has 0 aliphatic heterocycles. The molecule has 0 aliphatic carbocycles. The van der Waals surface area contributed by atoms with Crippen molar-refractivity contribution in [1.29, 1.82) is 0 Å². The van der Waals surface area contributed by atoms with E-state index in [9.17, 15) is 14.7 Å². The molecule has 0 heterocycles. The average molecular weight is 429 g/mol. The fraction of sp³-hybridized carbons (Fsp3) is 0.833. The maximum atomic E-state index is 11.6. The van der Waals surface area contributed by atoms with E-state index >= 15 is 0 Å². The van der Waals surface area contributed by atoms with Crippen molar-refractivity contribution in [2.75, 3.05) is 0 Å². The maximum Gasteiger partial charge on any atom is 0.319 e. The lowest BCUT2D eigenvalue weighted by atomic mass is 10.0. The van der Waals surface area contributed by atoms with E-state index in [4.69, 9.17) is 5.11 Å². The second-order valence-electron chi connectivity index (χ2n) is 8.32. The summed E-state index contributed by atoms with van der Waals surface area (Å²) in [6.45, 7) is 5.45. The molecule has 0 aromatic carbocycles. The van der Waals surface area contributed by atoms with E-state index in [1.807, 2.05) is 0 Å². The Labute approximate surface area is 182 Å². The third-order valence-electron chi connectivity index (χ3n) is 5.40. The number of unbranched alkanes of at least 4 members (excludes halogenated alkanes) is 12. The summed E-state index contributed by atoms with van der Waals surface area (Å²) >= 11 is 1.04. The van der Waals surface area contributed by atoms with Gasteiger partial charge in [-0.3, -0.25) is 9.59 Å². The van der Waals surface area contributed by atoms with Gasteiger partial charge in [-0.15, -0.1) is 11.8 Å². The van der Waals surface area contributed by atoms with Crippen LogP contribution < -0.4 is 0 Å². The van der Waals surface area contributed by atoms with Crippen LogP contribution in [0.4, 0.5) is 0 Å². The van der Waals surface area contributed by atoms with Crippen molar-refractivity contribution in [1.82, 2.24) is 0 Å². The molecule has 29 heavy (non-hydrogen) atoms. The lowest BCUT2D eigenvalue weighted by molar-refractivity contribution is -0.139. The van der Waals surface area contributed by atoms with E-state index in [-0.39, 0.29) is 0 Å². The Morgan fingerprint density at radius 2 is 1.28 bits per heavy atom. The quantitative estimate of drug-likeness (QED) is 0.155. The summed E-state index contributed by atoms with van der Waals surface area (Å²) in [5.41, 5.74) is 0. The zero-order valence-electron chi connectivity index (χ0n) is 19.0. The molecular weight excluding hydrogens is 384 g/mol. The van der Waals surface area contributed by atoms with Crippen LogP contribution in [0.15, 0.2) is 12.2 Å². The fourth-order valence-electron chi connectivity index (χ4n) is 3.37. The minimum Gasteiger partial charge on any atom is -0.480 e. The van der Waals surface area contributed by atoms with Gasteiger partial charge in [0.2, 0.25) is 0 Å². The molecule has 0 amide bonds. The second kappa shape index (κ2) is 17.9. The van der Waals surface area contributed by atoms with Crippen LogP contribution >= 0.6 is 11.8 Å². The van der Waals surface area contributed by atoms with E-state index in [0.29, 0.717) is 6.42 Å². The molecule has 0 bridgehead atoms. The Balaban J connectivity index is 3.65. The Hall–Kier alpha value is -0.970. The molecule has 0 aromatic heterocycles. The summed E-state index contributed by atoms with van der Waals surface area (Å²) in [4.78, 5) is 22.6. The SMILES string of the molecule is CCCCCCCC/C=C\CCCCCCCCC(C)(SC(C)C(=O)O)C(=O)O. The number of hydrogen-bond acceptors (Lipinski definition) is 3. The van der Waals surface area contributed by atoms with Crippen molar-refractivity contribution in [2.24, 2.45) is 0 Å². The van der Waals surface area contributed by atoms with Crippen LogP contribution in [-0.4, -0.2) is 32.1 Å². The van der Waals surface area contributed by atoms with Crippen LogP contribution in [0.2, 0.25) is 0 Å². The predicted molar refractivity (Wildman–Crippen MR) is 125 cm³/mol. The number of aliphatic carboxylic acids is 2. The van der Waals surface area contributed by atoms with E-state index in [1.54, 1.807) is 13.8 Å². The van der Waals surface area contributed by atoms with Gasteiger partial charge in [-0.25, -0.2) is 0 Å². The molecule has 2 N–H and O–H groups in total. The minimum absolute atomic E-state index is 0.520. The van der Waals surface area contributed by atoms with Gasteiger partial charge in [-0.2, -0.15) is 0 Å². The van der Waals surface area contributed by atoms with Crippen LogP contribution in [0.1, 0.15) is 117 Å². The molecular formula is C24H44O4S. The molecule has 5 heteroatoms. The first kappa shape index (κ1) is 28.0. The smallest absolute Gasteiger partial charge is 0.319 e. The highest BCUT2D eigenvalue weighted by molar-refractivity contribution is 8.02. The number of allylic oxidation sites excluding steroid dienone is 2. The van der Waals surface area contributed by atoms with Crippen molar-refractivity contribution < 1.29 is 19.8 Å². The van der Waals surface area contributed by atoms with Crippen molar-refractivity contribution in [3.63, 3.8) is 0 Å². The summed E-state index contributed by atoms with van der Waals surface area (Å²) in [7, 11) is 0. The van der Waals surface area contributed by atoms with Gasteiger partial charge in [0.05, 0.1) is 0 Å². The summed E-state index contributed by atoms with van der Waals surface area (Å²) in [5, 5.41) is 17.8. The normalized spacial score (nSPS) is 14.7. The molecule has 0 spiro atoms. The maximum absolute atomic E-state index is 11.6. The van der Waals surface area contributed by atoms with Gasteiger partial charge in [0.15, 0.2) is 0 Å². The lowest BCUT2D eigenvalue weighted by Crippen LogP contribution is -2.35. The van der Waals surface area contributed by atoms with Gasteiger partial charge >= 0.3 is 11.9 Å². The molecule has 0 aromatic rings. The topological polar surface area (TPSA) is 74.6 Å². The largest absolute Gasteiger partial charge is 0.480 e. The predicted octanol–water partition coefficient (Wildman–Crippen LogP) is 7.46. The highest BCUT2D eigenvalue weighted by Gasteiger charge is 2.36. The third-order valence-corrected chi connectivity index (χ3v) is 6.86. The van der Waals surface area contributed by atoms with Crippen molar-refractivity contribution >= 4 is 23.7 Å². The first-order chi connectivity index (χ1) is 13.8. The highest BCUT2D eigenvalue weighted by Crippen LogP contribution is 2.34. The minimum atomic E-state index is -1.02. The van der Waals surface area contributed by atoms with Gasteiger partial charge in [-0.05, 0) is 46.0 Å². The molecule has 0 aliphatic rings. The number of carboxylic acids is 2. The lowest BCUT2D eigenvalue weighted by Gasteiger charge is -2.26. The van der Waals surface area contributed by atoms with E-state index in [0.717, 1.165) is 37.4 Å². The first-order valence-corrected chi connectivity index (χ1v) is 12.5. The monoisotopic (exact) mass is 428 g/mol. The molecule has 2 atom stereocenters. The fourth-order valence-corrected chi connectivity index (χ4v) is 4.61. The number of rotatable bonds is 20. The second-order valence-corrected chi connectivity index (χ2v) is 10.2. The Morgan fingerprint density at radius 1 is 0.828 bits per heavy atom. The molecule has 0 rings (SSSR count). The molecule has 0 fully saturated rings. The molecule has 170 valence electrons. The van der Waals surface area contributed by atoms with Crippen LogP contribution in [0, 0.1) is 0 Å². The molecule has 2 unspecified atom stereocenters. The Morgan fingerprint density at radius 3 is 1.72 bits per heavy atom. The van der Waals surface area contributed by atoms with Gasteiger partial charge < -0.3 is 10.2 Å². The standard InChI is InChI=1S/C24H44O4S/c1-4-5-6-7-8-9-10-11-12-13-14-15-16-17-18-19-20-24(3,23(27)28)29-21(2)22(25)26/h11-12,21H,4-10,13-20H2,1-3H3,(H,25,26)(H,27,28)/b12-11-. The van der Waals surface area contributed by atoms with Crippen LogP contribution in [-0.2, 0) is 9.59 Å².